The number of rotatable bonds is 8. The highest BCUT2D eigenvalue weighted by Crippen LogP contribution is 2.35. The van der Waals surface area contributed by atoms with E-state index in [1.807, 2.05) is 40.8 Å². The minimum atomic E-state index is -0.101. The number of fused-ring (bicyclic) bond motifs is 1. The lowest BCUT2D eigenvalue weighted by molar-refractivity contribution is 0.276. The van der Waals surface area contributed by atoms with Gasteiger partial charge in [0, 0.05) is 46.9 Å². The molecule has 5 rings (SSSR count). The van der Waals surface area contributed by atoms with Crippen molar-refractivity contribution in [2.75, 3.05) is 36.0 Å². The third kappa shape index (κ3) is 4.80. The lowest BCUT2D eigenvalue weighted by atomic mass is 10.0. The number of nitrogens with two attached hydrogens (primary N) is 1. The highest BCUT2D eigenvalue weighted by molar-refractivity contribution is 7.99. The molecule has 0 unspecified atom stereocenters. The summed E-state index contributed by atoms with van der Waals surface area (Å²) in [5.74, 6) is 2.94. The molecule has 34 heavy (non-hydrogen) atoms. The number of pyridine rings is 2. The van der Waals surface area contributed by atoms with Crippen LogP contribution in [0.2, 0.25) is 0 Å². The van der Waals surface area contributed by atoms with E-state index in [1.165, 1.54) is 5.69 Å². The van der Waals surface area contributed by atoms with Gasteiger partial charge in [0.1, 0.15) is 0 Å². The lowest BCUT2D eigenvalue weighted by Crippen LogP contribution is -2.32. The first-order valence-corrected chi connectivity index (χ1v) is 13.0. The minimum absolute atomic E-state index is 0.101. The maximum absolute atomic E-state index is 9.57. The first-order chi connectivity index (χ1) is 16.8. The average Bonchev–Trinajstić information content (AvgIpc) is 3.33. The summed E-state index contributed by atoms with van der Waals surface area (Å²) in [6.07, 6.45) is 4.91. The molecular formula is C26H30N6OS. The van der Waals surface area contributed by atoms with Crippen LogP contribution in [0.4, 0.5) is 5.69 Å². The third-order valence-corrected chi connectivity index (χ3v) is 7.12. The first-order valence-electron chi connectivity index (χ1n) is 11.8. The summed E-state index contributed by atoms with van der Waals surface area (Å²) in [5, 5.41) is 15.4. The molecule has 1 aliphatic rings. The number of aliphatic hydroxyl groups excluding tert-OH is 1. The van der Waals surface area contributed by atoms with Crippen LogP contribution in [0.15, 0.2) is 54.7 Å². The van der Waals surface area contributed by atoms with Gasteiger partial charge in [-0.15, -0.1) is 0 Å². The molecule has 0 radical (unpaired) electrons. The summed E-state index contributed by atoms with van der Waals surface area (Å²) in [5.41, 5.74) is 11.6. The maximum atomic E-state index is 9.57. The van der Waals surface area contributed by atoms with Gasteiger partial charge in [0.05, 0.1) is 29.7 Å². The first kappa shape index (κ1) is 22.8. The lowest BCUT2D eigenvalue weighted by Gasteiger charge is -2.29. The van der Waals surface area contributed by atoms with Gasteiger partial charge in [0.2, 0.25) is 0 Å². The van der Waals surface area contributed by atoms with E-state index in [0.29, 0.717) is 18.1 Å². The molecule has 3 N–H and O–H groups in total. The van der Waals surface area contributed by atoms with Crippen LogP contribution in [0.5, 0.6) is 0 Å². The van der Waals surface area contributed by atoms with E-state index in [2.05, 4.69) is 40.2 Å². The van der Waals surface area contributed by atoms with Crippen molar-refractivity contribution in [2.45, 2.75) is 25.9 Å². The van der Waals surface area contributed by atoms with Crippen LogP contribution in [0.25, 0.3) is 28.0 Å². The van der Waals surface area contributed by atoms with E-state index in [-0.39, 0.29) is 6.61 Å². The predicted molar refractivity (Wildman–Crippen MR) is 140 cm³/mol. The highest BCUT2D eigenvalue weighted by Gasteiger charge is 2.19. The van der Waals surface area contributed by atoms with E-state index < -0.39 is 0 Å². The van der Waals surface area contributed by atoms with Crippen LogP contribution in [0, 0.1) is 0 Å². The Morgan fingerprint density at radius 1 is 0.971 bits per heavy atom. The van der Waals surface area contributed by atoms with Gasteiger partial charge in [-0.1, -0.05) is 12.1 Å². The van der Waals surface area contributed by atoms with Crippen LogP contribution in [-0.4, -0.2) is 56.0 Å². The topological polar surface area (TPSA) is 93.1 Å². The Kier molecular flexibility index (Phi) is 7.08. The van der Waals surface area contributed by atoms with Crippen LogP contribution in [0.3, 0.4) is 0 Å². The van der Waals surface area contributed by atoms with Crippen LogP contribution in [0.1, 0.15) is 24.2 Å². The van der Waals surface area contributed by atoms with E-state index in [4.69, 9.17) is 15.8 Å². The number of nitrogens with zero attached hydrogens (tertiary/aromatic N) is 5. The monoisotopic (exact) mass is 474 g/mol. The van der Waals surface area contributed by atoms with Gasteiger partial charge >= 0.3 is 0 Å². The number of hydrogen-bond acceptors (Lipinski definition) is 7. The van der Waals surface area contributed by atoms with E-state index >= 15 is 0 Å². The Morgan fingerprint density at radius 2 is 1.79 bits per heavy atom. The normalized spacial score (nSPS) is 14.1. The smallest absolute Gasteiger partial charge is 0.154 e. The predicted octanol–water partition coefficient (Wildman–Crippen LogP) is 3.81. The van der Waals surface area contributed by atoms with E-state index in [1.54, 1.807) is 0 Å². The molecule has 176 valence electrons. The molecule has 0 saturated carbocycles. The summed E-state index contributed by atoms with van der Waals surface area (Å²) in [7, 11) is 0. The molecule has 0 spiro atoms. The molecular weight excluding hydrogens is 444 g/mol. The van der Waals surface area contributed by atoms with Gasteiger partial charge in [0.25, 0.3) is 0 Å². The van der Waals surface area contributed by atoms with Gasteiger partial charge in [-0.3, -0.25) is 4.98 Å². The molecule has 0 aliphatic carbocycles. The second-order valence-corrected chi connectivity index (χ2v) is 9.71. The van der Waals surface area contributed by atoms with Crippen molar-refractivity contribution in [2.24, 2.45) is 5.73 Å². The number of aryl methyl sites for hydroxylation is 1. The van der Waals surface area contributed by atoms with Crippen molar-refractivity contribution in [3.8, 4) is 17.1 Å². The Labute approximate surface area is 204 Å². The summed E-state index contributed by atoms with van der Waals surface area (Å²) >= 11 is 2.00. The number of thioether (sulfide) groups is 1. The molecule has 1 aliphatic heterocycles. The quantitative estimate of drug-likeness (QED) is 0.375. The Morgan fingerprint density at radius 3 is 2.62 bits per heavy atom. The molecule has 7 nitrogen and oxygen atoms in total. The Bertz CT molecular complexity index is 1270. The fourth-order valence-corrected chi connectivity index (χ4v) is 5.31. The van der Waals surface area contributed by atoms with Crippen molar-refractivity contribution < 1.29 is 5.11 Å². The minimum Gasteiger partial charge on any atom is -0.390 e. The number of aliphatic hydroxyl groups is 1. The average molecular weight is 475 g/mol. The molecule has 1 aromatic carbocycles. The summed E-state index contributed by atoms with van der Waals surface area (Å²) in [6, 6.07) is 16.3. The molecule has 4 aromatic rings. The van der Waals surface area contributed by atoms with Crippen molar-refractivity contribution in [3.63, 3.8) is 0 Å². The zero-order valence-corrected chi connectivity index (χ0v) is 20.0. The number of hydrogen-bond donors (Lipinski definition) is 2. The van der Waals surface area contributed by atoms with Gasteiger partial charge in [0.15, 0.2) is 5.82 Å². The Hall–Kier alpha value is -2.94. The Balaban J connectivity index is 1.62. The third-order valence-electron chi connectivity index (χ3n) is 6.18. The van der Waals surface area contributed by atoms with Crippen LogP contribution < -0.4 is 10.6 Å². The van der Waals surface area contributed by atoms with Crippen LogP contribution in [-0.2, 0) is 13.0 Å². The summed E-state index contributed by atoms with van der Waals surface area (Å²) < 4.78 is 1.87. The van der Waals surface area contributed by atoms with E-state index in [0.717, 1.165) is 71.7 Å². The zero-order chi connectivity index (χ0) is 23.3. The molecule has 8 heteroatoms. The summed E-state index contributed by atoms with van der Waals surface area (Å²) in [4.78, 5) is 12.0. The van der Waals surface area contributed by atoms with Crippen molar-refractivity contribution in [1.82, 2.24) is 19.7 Å². The number of unbranched alkanes of at least 4 members (excludes halogenated alkanes) is 1. The molecule has 4 heterocycles. The van der Waals surface area contributed by atoms with Gasteiger partial charge in [-0.05, 0) is 62.2 Å². The molecule has 1 saturated heterocycles. The highest BCUT2D eigenvalue weighted by atomic mass is 32.2. The zero-order valence-electron chi connectivity index (χ0n) is 19.2. The standard InChI is InChI=1S/C26H30N6OS/c27-10-2-1-5-20-6-3-8-23(29-20)19-15-24(31-11-13-34-14-12-31)22-17-28-32(25(22)16-19)26-9-4-7-21(18-33)30-26/h3-4,6-9,15-17,33H,1-2,5,10-14,18,27H2. The SMILES string of the molecule is NCCCCc1cccc(-c2cc(N3CCSCC3)c3cnn(-c4cccc(CO)n4)c3c2)n1. The molecule has 1 fully saturated rings. The molecule has 0 bridgehead atoms. The summed E-state index contributed by atoms with van der Waals surface area (Å²) in [6.45, 7) is 2.64. The molecule has 0 atom stereocenters. The van der Waals surface area contributed by atoms with E-state index in [9.17, 15) is 5.11 Å². The van der Waals surface area contributed by atoms with Gasteiger partial charge in [-0.25, -0.2) is 9.67 Å². The van der Waals surface area contributed by atoms with Gasteiger partial charge in [-0.2, -0.15) is 16.9 Å². The number of benzene rings is 1. The van der Waals surface area contributed by atoms with Crippen molar-refractivity contribution in [1.29, 1.82) is 0 Å². The fourth-order valence-electron chi connectivity index (χ4n) is 4.41. The largest absolute Gasteiger partial charge is 0.390 e. The second-order valence-electron chi connectivity index (χ2n) is 8.49. The number of anilines is 1. The van der Waals surface area contributed by atoms with Crippen LogP contribution >= 0.6 is 11.8 Å². The molecule has 0 amide bonds. The second kappa shape index (κ2) is 10.5. The number of aromatic nitrogens is 4. The maximum Gasteiger partial charge on any atom is 0.154 e. The van der Waals surface area contributed by atoms with Gasteiger partial charge < -0.3 is 15.7 Å². The van der Waals surface area contributed by atoms with Crippen molar-refractivity contribution >= 4 is 28.4 Å². The molecule has 3 aromatic heterocycles. The fraction of sp³-hybridized carbons (Fsp3) is 0.346. The van der Waals surface area contributed by atoms with Crippen molar-refractivity contribution in [3.05, 3.63) is 66.1 Å².